The molecule has 0 bridgehead atoms. The summed E-state index contributed by atoms with van der Waals surface area (Å²) in [5.74, 6) is -0.0504. The van der Waals surface area contributed by atoms with E-state index in [0.717, 1.165) is 3.79 Å². The molecule has 0 saturated heterocycles. The summed E-state index contributed by atoms with van der Waals surface area (Å²) >= 11 is 4.70. The molecule has 0 aliphatic rings. The van der Waals surface area contributed by atoms with E-state index in [4.69, 9.17) is 0 Å². The van der Waals surface area contributed by atoms with Crippen LogP contribution in [0.3, 0.4) is 0 Å². The standard InChI is InChI=1S/C8H8BrNOS/c1-2-5-10-8(11)6-3-4-7(9)12-6/h2-4H,1,5H2,(H,10,11). The first-order valence-electron chi connectivity index (χ1n) is 3.38. The zero-order valence-electron chi connectivity index (χ0n) is 6.34. The number of carbonyl (C=O) groups is 1. The summed E-state index contributed by atoms with van der Waals surface area (Å²) in [6.45, 7) is 4.02. The Bertz CT molecular complexity index is 295. The van der Waals surface area contributed by atoms with Gasteiger partial charge in [-0.15, -0.1) is 17.9 Å². The largest absolute Gasteiger partial charge is 0.348 e. The van der Waals surface area contributed by atoms with Gasteiger partial charge in [0.15, 0.2) is 0 Å². The lowest BCUT2D eigenvalue weighted by Gasteiger charge is -1.96. The van der Waals surface area contributed by atoms with E-state index in [-0.39, 0.29) is 5.91 Å². The fraction of sp³-hybridized carbons (Fsp3) is 0.125. The topological polar surface area (TPSA) is 29.1 Å². The van der Waals surface area contributed by atoms with Crippen molar-refractivity contribution in [3.63, 3.8) is 0 Å². The smallest absolute Gasteiger partial charge is 0.261 e. The fourth-order valence-corrected chi connectivity index (χ4v) is 1.99. The number of nitrogens with one attached hydrogen (secondary N) is 1. The van der Waals surface area contributed by atoms with E-state index in [2.05, 4.69) is 27.8 Å². The van der Waals surface area contributed by atoms with Crippen LogP contribution >= 0.6 is 27.3 Å². The van der Waals surface area contributed by atoms with Crippen LogP contribution in [0.2, 0.25) is 0 Å². The molecule has 12 heavy (non-hydrogen) atoms. The molecule has 64 valence electrons. The van der Waals surface area contributed by atoms with Gasteiger partial charge in [-0.05, 0) is 28.1 Å². The van der Waals surface area contributed by atoms with Gasteiger partial charge < -0.3 is 5.32 Å². The second-order valence-corrected chi connectivity index (χ2v) is 4.57. The molecule has 0 saturated carbocycles. The highest BCUT2D eigenvalue weighted by atomic mass is 79.9. The Labute approximate surface area is 83.4 Å². The van der Waals surface area contributed by atoms with Crippen LogP contribution in [-0.2, 0) is 0 Å². The molecule has 0 unspecified atom stereocenters. The number of carbonyl (C=O) groups excluding carboxylic acids is 1. The van der Waals surface area contributed by atoms with Crippen molar-refractivity contribution < 1.29 is 4.79 Å². The van der Waals surface area contributed by atoms with Crippen molar-refractivity contribution in [2.24, 2.45) is 0 Å². The van der Waals surface area contributed by atoms with E-state index in [9.17, 15) is 4.79 Å². The van der Waals surface area contributed by atoms with E-state index in [1.165, 1.54) is 11.3 Å². The van der Waals surface area contributed by atoms with E-state index in [1.807, 2.05) is 6.07 Å². The highest BCUT2D eigenvalue weighted by Gasteiger charge is 2.05. The molecule has 0 aromatic carbocycles. The van der Waals surface area contributed by atoms with E-state index < -0.39 is 0 Å². The van der Waals surface area contributed by atoms with Crippen LogP contribution < -0.4 is 5.32 Å². The first kappa shape index (κ1) is 9.48. The lowest BCUT2D eigenvalue weighted by atomic mass is 10.4. The molecule has 1 N–H and O–H groups in total. The van der Waals surface area contributed by atoms with Gasteiger partial charge in [0.25, 0.3) is 5.91 Å². The number of halogens is 1. The predicted octanol–water partition coefficient (Wildman–Crippen LogP) is 2.43. The monoisotopic (exact) mass is 245 g/mol. The lowest BCUT2D eigenvalue weighted by molar-refractivity contribution is 0.0962. The van der Waals surface area contributed by atoms with Crippen LogP contribution in [0.25, 0.3) is 0 Å². The summed E-state index contributed by atoms with van der Waals surface area (Å²) in [6, 6.07) is 3.64. The maximum Gasteiger partial charge on any atom is 0.261 e. The molecule has 0 spiro atoms. The van der Waals surface area contributed by atoms with Gasteiger partial charge in [-0.25, -0.2) is 0 Å². The van der Waals surface area contributed by atoms with Gasteiger partial charge in [0.2, 0.25) is 0 Å². The number of amides is 1. The van der Waals surface area contributed by atoms with Gasteiger partial charge in [-0.1, -0.05) is 6.08 Å². The predicted molar refractivity (Wildman–Crippen MR) is 54.5 cm³/mol. The van der Waals surface area contributed by atoms with E-state index in [0.29, 0.717) is 11.4 Å². The molecular formula is C8H8BrNOS. The van der Waals surface area contributed by atoms with E-state index >= 15 is 0 Å². The Morgan fingerprint density at radius 1 is 1.75 bits per heavy atom. The van der Waals surface area contributed by atoms with Crippen molar-refractivity contribution in [3.05, 3.63) is 33.5 Å². The summed E-state index contributed by atoms with van der Waals surface area (Å²) in [7, 11) is 0. The highest BCUT2D eigenvalue weighted by Crippen LogP contribution is 2.21. The van der Waals surface area contributed by atoms with Crippen molar-refractivity contribution in [2.75, 3.05) is 6.54 Å². The van der Waals surface area contributed by atoms with Gasteiger partial charge >= 0.3 is 0 Å². The molecule has 1 aromatic rings. The first-order chi connectivity index (χ1) is 5.74. The molecule has 1 rings (SSSR count). The zero-order chi connectivity index (χ0) is 8.97. The van der Waals surface area contributed by atoms with Gasteiger partial charge in [0, 0.05) is 6.54 Å². The second kappa shape index (κ2) is 4.42. The van der Waals surface area contributed by atoms with Crippen LogP contribution in [-0.4, -0.2) is 12.5 Å². The number of hydrogen-bond donors (Lipinski definition) is 1. The van der Waals surface area contributed by atoms with Crippen molar-refractivity contribution in [1.82, 2.24) is 5.32 Å². The first-order valence-corrected chi connectivity index (χ1v) is 4.99. The molecule has 0 aliphatic heterocycles. The molecule has 1 heterocycles. The van der Waals surface area contributed by atoms with Crippen molar-refractivity contribution in [3.8, 4) is 0 Å². The highest BCUT2D eigenvalue weighted by molar-refractivity contribution is 9.11. The lowest BCUT2D eigenvalue weighted by Crippen LogP contribution is -2.21. The van der Waals surface area contributed by atoms with Crippen LogP contribution in [0, 0.1) is 0 Å². The van der Waals surface area contributed by atoms with Gasteiger partial charge in [0.05, 0.1) is 8.66 Å². The number of thiophene rings is 1. The molecule has 2 nitrogen and oxygen atoms in total. The summed E-state index contributed by atoms with van der Waals surface area (Å²) in [5, 5.41) is 2.69. The minimum atomic E-state index is -0.0504. The second-order valence-electron chi connectivity index (χ2n) is 2.10. The maximum absolute atomic E-state index is 11.2. The van der Waals surface area contributed by atoms with Crippen LogP contribution in [0.5, 0.6) is 0 Å². The zero-order valence-corrected chi connectivity index (χ0v) is 8.74. The third kappa shape index (κ3) is 2.46. The molecule has 1 amide bonds. The average Bonchev–Trinajstić information content (AvgIpc) is 2.47. The third-order valence-corrected chi connectivity index (χ3v) is 2.83. The van der Waals surface area contributed by atoms with Gasteiger partial charge in [-0.3, -0.25) is 4.79 Å². The number of hydrogen-bond acceptors (Lipinski definition) is 2. The molecule has 0 radical (unpaired) electrons. The summed E-state index contributed by atoms with van der Waals surface area (Å²) in [4.78, 5) is 12.0. The normalized spacial score (nSPS) is 9.42. The van der Waals surface area contributed by atoms with Gasteiger partial charge in [-0.2, -0.15) is 0 Å². The van der Waals surface area contributed by atoms with E-state index in [1.54, 1.807) is 12.1 Å². The van der Waals surface area contributed by atoms with Crippen LogP contribution in [0.15, 0.2) is 28.6 Å². The van der Waals surface area contributed by atoms with Crippen molar-refractivity contribution >= 4 is 33.2 Å². The minimum absolute atomic E-state index is 0.0504. The Kier molecular flexibility index (Phi) is 3.49. The molecule has 0 fully saturated rings. The SMILES string of the molecule is C=CCNC(=O)c1ccc(Br)s1. The van der Waals surface area contributed by atoms with Crippen LogP contribution in [0.4, 0.5) is 0 Å². The summed E-state index contributed by atoms with van der Waals surface area (Å²) in [5.41, 5.74) is 0. The van der Waals surface area contributed by atoms with Crippen molar-refractivity contribution in [2.45, 2.75) is 0 Å². The average molecular weight is 246 g/mol. The Balaban J connectivity index is 2.59. The van der Waals surface area contributed by atoms with Crippen LogP contribution in [0.1, 0.15) is 9.67 Å². The Morgan fingerprint density at radius 3 is 3.00 bits per heavy atom. The molecule has 4 heteroatoms. The van der Waals surface area contributed by atoms with Crippen molar-refractivity contribution in [1.29, 1.82) is 0 Å². The maximum atomic E-state index is 11.2. The quantitative estimate of drug-likeness (QED) is 0.815. The Morgan fingerprint density at radius 2 is 2.50 bits per heavy atom. The minimum Gasteiger partial charge on any atom is -0.348 e. The summed E-state index contributed by atoms with van der Waals surface area (Å²) in [6.07, 6.45) is 1.65. The molecule has 0 atom stereocenters. The number of rotatable bonds is 3. The van der Waals surface area contributed by atoms with Gasteiger partial charge in [0.1, 0.15) is 0 Å². The Hall–Kier alpha value is -0.610. The fourth-order valence-electron chi connectivity index (χ4n) is 0.688. The summed E-state index contributed by atoms with van der Waals surface area (Å²) < 4.78 is 0.964. The molecule has 1 aromatic heterocycles. The molecule has 0 aliphatic carbocycles. The third-order valence-electron chi connectivity index (χ3n) is 1.20. The molecular weight excluding hydrogens is 238 g/mol.